The molecule has 4 heterocycles. The van der Waals surface area contributed by atoms with E-state index in [4.69, 9.17) is 0 Å². The van der Waals surface area contributed by atoms with Gasteiger partial charge in [-0.1, -0.05) is 0 Å². The number of amides is 1. The molecule has 0 radical (unpaired) electrons. The van der Waals surface area contributed by atoms with Crippen molar-refractivity contribution in [3.63, 3.8) is 0 Å². The van der Waals surface area contributed by atoms with Crippen LogP contribution >= 0.6 is 11.3 Å². The van der Waals surface area contributed by atoms with Crippen LogP contribution in [0.3, 0.4) is 0 Å². The summed E-state index contributed by atoms with van der Waals surface area (Å²) < 4.78 is 0. The Balaban J connectivity index is 1.33. The van der Waals surface area contributed by atoms with Crippen LogP contribution in [0.2, 0.25) is 0 Å². The van der Waals surface area contributed by atoms with E-state index in [1.54, 1.807) is 23.7 Å². The lowest BCUT2D eigenvalue weighted by atomic mass is 9.78. The Morgan fingerprint density at radius 1 is 1.28 bits per heavy atom. The van der Waals surface area contributed by atoms with Crippen molar-refractivity contribution >= 4 is 17.2 Å². The summed E-state index contributed by atoms with van der Waals surface area (Å²) in [6.07, 6.45) is 6.86. The Hall–Kier alpha value is -1.79. The topological polar surface area (TPSA) is 49.3 Å². The SMILES string of the molecule is Cc1nc(CN2CCC3(CC2)CCN(C(=O)c2cccnc2)C3)cs1. The molecule has 0 atom stereocenters. The van der Waals surface area contributed by atoms with Gasteiger partial charge in [0, 0.05) is 37.4 Å². The van der Waals surface area contributed by atoms with Gasteiger partial charge in [-0.3, -0.25) is 14.7 Å². The lowest BCUT2D eigenvalue weighted by Gasteiger charge is -2.39. The van der Waals surface area contributed by atoms with Crippen LogP contribution in [0.4, 0.5) is 0 Å². The fourth-order valence-corrected chi connectivity index (χ4v) is 4.69. The third-order valence-electron chi connectivity index (χ3n) is 5.60. The summed E-state index contributed by atoms with van der Waals surface area (Å²) in [7, 11) is 0. The molecule has 0 unspecified atom stereocenters. The minimum absolute atomic E-state index is 0.130. The maximum absolute atomic E-state index is 12.6. The number of aryl methyl sites for hydroxylation is 1. The molecule has 2 aliphatic heterocycles. The van der Waals surface area contributed by atoms with E-state index in [1.807, 2.05) is 17.0 Å². The van der Waals surface area contributed by atoms with E-state index in [9.17, 15) is 4.79 Å². The number of carbonyl (C=O) groups excluding carboxylic acids is 1. The summed E-state index contributed by atoms with van der Waals surface area (Å²) in [6.45, 7) is 6.99. The highest BCUT2D eigenvalue weighted by Crippen LogP contribution is 2.41. The van der Waals surface area contributed by atoms with Crippen LogP contribution in [0.25, 0.3) is 0 Å². The van der Waals surface area contributed by atoms with Crippen molar-refractivity contribution in [2.45, 2.75) is 32.7 Å². The molecule has 0 aliphatic carbocycles. The van der Waals surface area contributed by atoms with Gasteiger partial charge in [-0.25, -0.2) is 4.98 Å². The third kappa shape index (κ3) is 3.60. The zero-order chi connectivity index (χ0) is 17.3. The highest BCUT2D eigenvalue weighted by atomic mass is 32.1. The number of thiazole rings is 1. The molecule has 2 aromatic rings. The van der Waals surface area contributed by atoms with Gasteiger partial charge in [0.2, 0.25) is 0 Å². The van der Waals surface area contributed by atoms with Crippen molar-refractivity contribution in [1.82, 2.24) is 19.8 Å². The third-order valence-corrected chi connectivity index (χ3v) is 6.43. The lowest BCUT2D eigenvalue weighted by molar-refractivity contribution is 0.0712. The van der Waals surface area contributed by atoms with Crippen LogP contribution in [0, 0.1) is 12.3 Å². The zero-order valence-electron chi connectivity index (χ0n) is 14.6. The number of hydrogen-bond acceptors (Lipinski definition) is 5. The Labute approximate surface area is 152 Å². The molecule has 0 aromatic carbocycles. The highest BCUT2D eigenvalue weighted by Gasteiger charge is 2.42. The highest BCUT2D eigenvalue weighted by molar-refractivity contribution is 7.09. The molecule has 0 N–H and O–H groups in total. The summed E-state index contributed by atoms with van der Waals surface area (Å²) in [5.41, 5.74) is 2.21. The van der Waals surface area contributed by atoms with Gasteiger partial charge >= 0.3 is 0 Å². The van der Waals surface area contributed by atoms with E-state index in [0.29, 0.717) is 11.0 Å². The molecule has 132 valence electrons. The molecule has 6 heteroatoms. The molecule has 1 spiro atoms. The minimum atomic E-state index is 0.130. The molecular weight excluding hydrogens is 332 g/mol. The minimum Gasteiger partial charge on any atom is -0.338 e. The maximum atomic E-state index is 12.6. The largest absolute Gasteiger partial charge is 0.338 e. The molecule has 0 saturated carbocycles. The normalized spacial score (nSPS) is 20.3. The second-order valence-electron chi connectivity index (χ2n) is 7.35. The van der Waals surface area contributed by atoms with E-state index in [2.05, 4.69) is 27.2 Å². The lowest BCUT2D eigenvalue weighted by Crippen LogP contribution is -2.42. The van der Waals surface area contributed by atoms with Gasteiger partial charge < -0.3 is 4.90 Å². The van der Waals surface area contributed by atoms with Crippen molar-refractivity contribution in [1.29, 1.82) is 0 Å². The van der Waals surface area contributed by atoms with Gasteiger partial charge in [-0.2, -0.15) is 0 Å². The van der Waals surface area contributed by atoms with Gasteiger partial charge in [0.25, 0.3) is 5.91 Å². The molecule has 0 bridgehead atoms. The molecule has 2 aliphatic rings. The van der Waals surface area contributed by atoms with Crippen LogP contribution in [0.15, 0.2) is 29.9 Å². The standard InChI is InChI=1S/C19H24N4OS/c1-15-21-17(13-25-15)12-22-8-4-19(5-9-22)6-10-23(14-19)18(24)16-3-2-7-20-11-16/h2-3,7,11,13H,4-6,8-10,12,14H2,1H3. The molecular formula is C19H24N4OS. The molecule has 25 heavy (non-hydrogen) atoms. The molecule has 4 rings (SSSR count). The fraction of sp³-hybridized carbons (Fsp3) is 0.526. The second-order valence-corrected chi connectivity index (χ2v) is 8.41. The Bertz CT molecular complexity index is 737. The van der Waals surface area contributed by atoms with Gasteiger partial charge in [0.15, 0.2) is 0 Å². The van der Waals surface area contributed by atoms with E-state index in [1.165, 1.54) is 18.5 Å². The van der Waals surface area contributed by atoms with Gasteiger partial charge in [0.1, 0.15) is 0 Å². The number of carbonyl (C=O) groups is 1. The number of rotatable bonds is 3. The molecule has 2 saturated heterocycles. The summed E-state index contributed by atoms with van der Waals surface area (Å²) in [5, 5.41) is 3.31. The summed E-state index contributed by atoms with van der Waals surface area (Å²) in [4.78, 5) is 25.8. The number of nitrogens with zero attached hydrogens (tertiary/aromatic N) is 4. The number of piperidine rings is 1. The predicted octanol–water partition coefficient (Wildman–Crippen LogP) is 2.97. The van der Waals surface area contributed by atoms with E-state index in [0.717, 1.165) is 44.2 Å². The quantitative estimate of drug-likeness (QED) is 0.848. The van der Waals surface area contributed by atoms with Crippen LogP contribution in [0.1, 0.15) is 40.3 Å². The van der Waals surface area contributed by atoms with Crippen molar-refractivity contribution in [2.24, 2.45) is 5.41 Å². The smallest absolute Gasteiger partial charge is 0.255 e. The molecule has 2 aromatic heterocycles. The first-order valence-corrected chi connectivity index (χ1v) is 9.84. The van der Waals surface area contributed by atoms with Gasteiger partial charge in [-0.15, -0.1) is 11.3 Å². The Morgan fingerprint density at radius 2 is 2.08 bits per heavy atom. The van der Waals surface area contributed by atoms with E-state index < -0.39 is 0 Å². The van der Waals surface area contributed by atoms with Crippen LogP contribution in [-0.4, -0.2) is 51.9 Å². The molecule has 2 fully saturated rings. The van der Waals surface area contributed by atoms with Crippen molar-refractivity contribution in [3.8, 4) is 0 Å². The van der Waals surface area contributed by atoms with E-state index >= 15 is 0 Å². The summed E-state index contributed by atoms with van der Waals surface area (Å²) in [5.74, 6) is 0.130. The Kier molecular flexibility index (Phi) is 4.56. The zero-order valence-corrected chi connectivity index (χ0v) is 15.5. The molecule has 5 nitrogen and oxygen atoms in total. The average Bonchev–Trinajstić information content (AvgIpc) is 3.24. The van der Waals surface area contributed by atoms with E-state index in [-0.39, 0.29) is 5.91 Å². The van der Waals surface area contributed by atoms with Crippen LogP contribution in [-0.2, 0) is 6.54 Å². The summed E-state index contributed by atoms with van der Waals surface area (Å²) in [6, 6.07) is 3.69. The summed E-state index contributed by atoms with van der Waals surface area (Å²) >= 11 is 1.73. The Morgan fingerprint density at radius 3 is 2.76 bits per heavy atom. The van der Waals surface area contributed by atoms with Crippen molar-refractivity contribution in [3.05, 3.63) is 46.2 Å². The average molecular weight is 356 g/mol. The predicted molar refractivity (Wildman–Crippen MR) is 98.6 cm³/mol. The molecule has 1 amide bonds. The van der Waals surface area contributed by atoms with Crippen molar-refractivity contribution in [2.75, 3.05) is 26.2 Å². The first kappa shape index (κ1) is 16.7. The van der Waals surface area contributed by atoms with Gasteiger partial charge in [0.05, 0.1) is 16.3 Å². The number of pyridine rings is 1. The fourth-order valence-electron chi connectivity index (χ4n) is 4.08. The maximum Gasteiger partial charge on any atom is 0.255 e. The number of likely N-dealkylation sites (tertiary alicyclic amines) is 2. The second kappa shape index (κ2) is 6.84. The first-order chi connectivity index (χ1) is 12.1. The van der Waals surface area contributed by atoms with Crippen molar-refractivity contribution < 1.29 is 4.79 Å². The monoisotopic (exact) mass is 356 g/mol. The van der Waals surface area contributed by atoms with Crippen LogP contribution in [0.5, 0.6) is 0 Å². The first-order valence-electron chi connectivity index (χ1n) is 8.96. The number of aromatic nitrogens is 2. The van der Waals surface area contributed by atoms with Crippen LogP contribution < -0.4 is 0 Å². The number of hydrogen-bond donors (Lipinski definition) is 0. The van der Waals surface area contributed by atoms with Gasteiger partial charge in [-0.05, 0) is 56.8 Å².